The van der Waals surface area contributed by atoms with Crippen LogP contribution in [0.5, 0.6) is 5.75 Å². The summed E-state index contributed by atoms with van der Waals surface area (Å²) in [6.45, 7) is 0.426. The van der Waals surface area contributed by atoms with E-state index >= 15 is 0 Å². The Morgan fingerprint density at radius 3 is 2.45 bits per heavy atom. The van der Waals surface area contributed by atoms with Crippen molar-refractivity contribution in [1.82, 2.24) is 0 Å². The van der Waals surface area contributed by atoms with E-state index in [9.17, 15) is 10.1 Å². The first-order valence-electron chi connectivity index (χ1n) is 8.90. The van der Waals surface area contributed by atoms with Crippen molar-refractivity contribution < 1.29 is 9.53 Å². The third-order valence-corrected chi connectivity index (χ3v) is 6.49. The maximum atomic E-state index is 12.5. The molecular formula is C23H14Br3IN2O2. The number of hydrogen-bond donors (Lipinski definition) is 1. The van der Waals surface area contributed by atoms with Crippen LogP contribution in [0, 0.1) is 14.9 Å². The molecule has 1 amide bonds. The van der Waals surface area contributed by atoms with E-state index in [0.717, 1.165) is 22.6 Å². The lowest BCUT2D eigenvalue weighted by atomic mass is 10.1. The number of amides is 1. The van der Waals surface area contributed by atoms with Crippen LogP contribution in [0.25, 0.3) is 6.08 Å². The first-order chi connectivity index (χ1) is 14.9. The van der Waals surface area contributed by atoms with Crippen LogP contribution in [0.1, 0.15) is 11.1 Å². The molecule has 1 N–H and O–H groups in total. The van der Waals surface area contributed by atoms with E-state index in [1.807, 2.05) is 54.6 Å². The Labute approximate surface area is 219 Å². The largest absolute Gasteiger partial charge is 0.487 e. The van der Waals surface area contributed by atoms with Crippen LogP contribution in [0.3, 0.4) is 0 Å². The quantitative estimate of drug-likeness (QED) is 0.162. The van der Waals surface area contributed by atoms with Gasteiger partial charge >= 0.3 is 0 Å². The maximum absolute atomic E-state index is 12.5. The van der Waals surface area contributed by atoms with Gasteiger partial charge in [0.1, 0.15) is 24.0 Å². The molecule has 3 aromatic rings. The molecule has 0 bridgehead atoms. The van der Waals surface area contributed by atoms with Crippen LogP contribution in [0.15, 0.2) is 79.7 Å². The van der Waals surface area contributed by atoms with Crippen molar-refractivity contribution >= 4 is 88.1 Å². The highest BCUT2D eigenvalue weighted by molar-refractivity contribution is 14.1. The molecule has 0 radical (unpaired) electrons. The molecule has 0 aliphatic carbocycles. The zero-order valence-electron chi connectivity index (χ0n) is 15.8. The first-order valence-corrected chi connectivity index (χ1v) is 12.4. The minimum atomic E-state index is -0.470. The molecule has 156 valence electrons. The average molecular weight is 717 g/mol. The number of nitrogens with one attached hydrogen (secondary N) is 1. The van der Waals surface area contributed by atoms with Gasteiger partial charge in [0, 0.05) is 14.6 Å². The summed E-state index contributed by atoms with van der Waals surface area (Å²) < 4.78 is 9.43. The van der Waals surface area contributed by atoms with E-state index in [4.69, 9.17) is 4.74 Å². The molecule has 3 rings (SSSR count). The molecular weight excluding hydrogens is 703 g/mol. The van der Waals surface area contributed by atoms with Crippen molar-refractivity contribution in [3.8, 4) is 11.8 Å². The number of nitriles is 1. The lowest BCUT2D eigenvalue weighted by Crippen LogP contribution is -2.13. The highest BCUT2D eigenvalue weighted by atomic mass is 127. The predicted molar refractivity (Wildman–Crippen MR) is 142 cm³/mol. The highest BCUT2D eigenvalue weighted by Gasteiger charge is 2.13. The standard InChI is InChI=1S/C23H14Br3IN2O2/c24-17-6-4-14(5-7-17)13-31-22-20(26)9-15(10-21(22)27)8-16(12-28)23(30)29-19-3-1-2-18(25)11-19/h1-11H,13H2,(H,29,30)/b16-8-. The molecule has 0 fully saturated rings. The van der Waals surface area contributed by atoms with Crippen LogP contribution in [0.2, 0.25) is 0 Å². The maximum Gasteiger partial charge on any atom is 0.266 e. The van der Waals surface area contributed by atoms with Crippen molar-refractivity contribution in [3.05, 3.63) is 94.4 Å². The Bertz CT molecular complexity index is 1170. The topological polar surface area (TPSA) is 62.1 Å². The Balaban J connectivity index is 1.76. The van der Waals surface area contributed by atoms with Crippen LogP contribution in [-0.2, 0) is 11.4 Å². The van der Waals surface area contributed by atoms with Crippen molar-refractivity contribution in [1.29, 1.82) is 5.26 Å². The highest BCUT2D eigenvalue weighted by Crippen LogP contribution is 2.33. The molecule has 0 spiro atoms. The van der Waals surface area contributed by atoms with Crippen molar-refractivity contribution in [2.45, 2.75) is 6.61 Å². The molecule has 0 aliphatic rings. The first kappa shape index (κ1) is 24.0. The van der Waals surface area contributed by atoms with Gasteiger partial charge in [-0.15, -0.1) is 0 Å². The van der Waals surface area contributed by atoms with Gasteiger partial charge < -0.3 is 10.1 Å². The molecule has 0 aromatic heterocycles. The van der Waals surface area contributed by atoms with Gasteiger partial charge in [-0.25, -0.2) is 0 Å². The van der Waals surface area contributed by atoms with Gasteiger partial charge in [0.25, 0.3) is 5.91 Å². The monoisotopic (exact) mass is 714 g/mol. The second-order valence-corrected chi connectivity index (χ2v) is 10.2. The second-order valence-electron chi connectivity index (χ2n) is 6.36. The Hall–Kier alpha value is -1.67. The van der Waals surface area contributed by atoms with Gasteiger partial charge in [-0.3, -0.25) is 4.79 Å². The zero-order chi connectivity index (χ0) is 22.4. The summed E-state index contributed by atoms with van der Waals surface area (Å²) in [5, 5.41) is 12.2. The van der Waals surface area contributed by atoms with Gasteiger partial charge in [-0.1, -0.05) is 50.1 Å². The number of rotatable bonds is 6. The lowest BCUT2D eigenvalue weighted by Gasteiger charge is -2.12. The third kappa shape index (κ3) is 6.91. The predicted octanol–water partition coefficient (Wildman–Crippen LogP) is 7.70. The Morgan fingerprint density at radius 2 is 1.81 bits per heavy atom. The fourth-order valence-corrected chi connectivity index (χ4v) is 5.05. The van der Waals surface area contributed by atoms with E-state index in [2.05, 4.69) is 75.7 Å². The molecule has 0 atom stereocenters. The summed E-state index contributed by atoms with van der Waals surface area (Å²) in [4.78, 5) is 12.5. The summed E-state index contributed by atoms with van der Waals surface area (Å²) in [5.74, 6) is 0.236. The van der Waals surface area contributed by atoms with Gasteiger partial charge in [-0.05, 0) is 98.2 Å². The molecule has 8 heteroatoms. The van der Waals surface area contributed by atoms with Crippen LogP contribution in [0.4, 0.5) is 5.69 Å². The number of carbonyl (C=O) groups excluding carboxylic acids is 1. The number of nitrogens with zero attached hydrogens (tertiary/aromatic N) is 1. The molecule has 0 saturated carbocycles. The summed E-state index contributed by atoms with van der Waals surface area (Å²) >= 11 is 12.5. The molecule has 0 saturated heterocycles. The van der Waals surface area contributed by atoms with Gasteiger partial charge in [0.15, 0.2) is 0 Å². The fraction of sp³-hybridized carbons (Fsp3) is 0.0435. The van der Waals surface area contributed by atoms with Crippen LogP contribution >= 0.6 is 70.4 Å². The third-order valence-electron chi connectivity index (χ3n) is 4.08. The van der Waals surface area contributed by atoms with Crippen LogP contribution < -0.4 is 10.1 Å². The number of hydrogen-bond acceptors (Lipinski definition) is 3. The van der Waals surface area contributed by atoms with Crippen LogP contribution in [-0.4, -0.2) is 5.91 Å². The fourth-order valence-electron chi connectivity index (χ4n) is 2.62. The van der Waals surface area contributed by atoms with E-state index in [1.54, 1.807) is 18.2 Å². The van der Waals surface area contributed by atoms with Crippen molar-refractivity contribution in [2.24, 2.45) is 0 Å². The Kier molecular flexibility index (Phi) is 8.72. The van der Waals surface area contributed by atoms with Gasteiger partial charge in [-0.2, -0.15) is 5.26 Å². The van der Waals surface area contributed by atoms with E-state index < -0.39 is 5.91 Å². The van der Waals surface area contributed by atoms with E-state index in [0.29, 0.717) is 23.6 Å². The number of ether oxygens (including phenoxy) is 1. The summed E-state index contributed by atoms with van der Waals surface area (Å²) in [6, 6.07) is 20.8. The second kappa shape index (κ2) is 11.3. The Morgan fingerprint density at radius 1 is 1.06 bits per heavy atom. The minimum absolute atomic E-state index is 0.00575. The number of benzene rings is 3. The van der Waals surface area contributed by atoms with Crippen molar-refractivity contribution in [2.75, 3.05) is 5.32 Å². The molecule has 4 nitrogen and oxygen atoms in total. The summed E-state index contributed by atoms with van der Waals surface area (Å²) in [6.07, 6.45) is 1.55. The van der Waals surface area contributed by atoms with Gasteiger partial charge in [0.2, 0.25) is 0 Å². The lowest BCUT2D eigenvalue weighted by molar-refractivity contribution is -0.112. The number of anilines is 1. The smallest absolute Gasteiger partial charge is 0.266 e. The molecule has 0 heterocycles. The van der Waals surface area contributed by atoms with Gasteiger partial charge in [0.05, 0.1) is 8.04 Å². The van der Waals surface area contributed by atoms with Crippen molar-refractivity contribution in [3.63, 3.8) is 0 Å². The summed E-state index contributed by atoms with van der Waals surface area (Å²) in [7, 11) is 0. The molecule has 31 heavy (non-hydrogen) atoms. The zero-order valence-corrected chi connectivity index (χ0v) is 22.7. The van der Waals surface area contributed by atoms with E-state index in [-0.39, 0.29) is 5.57 Å². The SMILES string of the molecule is N#C/C(=C/c1cc(Br)c(OCc2ccc(Br)cc2)c(I)c1)C(=O)Nc1cccc(Br)c1. The minimum Gasteiger partial charge on any atom is -0.487 e. The number of halogens is 4. The molecule has 3 aromatic carbocycles. The number of carbonyl (C=O) groups is 1. The summed E-state index contributed by atoms with van der Waals surface area (Å²) in [5.41, 5.74) is 2.37. The molecule has 0 unspecified atom stereocenters. The molecule has 0 aliphatic heterocycles. The average Bonchev–Trinajstić information content (AvgIpc) is 2.72. The van der Waals surface area contributed by atoms with E-state index in [1.165, 1.54) is 0 Å². The normalized spacial score (nSPS) is 11.0.